The molecule has 0 aromatic carbocycles. The van der Waals surface area contributed by atoms with Crippen LogP contribution in [0.2, 0.25) is 0 Å². The summed E-state index contributed by atoms with van der Waals surface area (Å²) < 4.78 is 4.09. The molecule has 0 saturated carbocycles. The van der Waals surface area contributed by atoms with Crippen molar-refractivity contribution < 1.29 is 0 Å². The number of rotatable bonds is 5. The van der Waals surface area contributed by atoms with Gasteiger partial charge in [0.25, 0.3) is 0 Å². The van der Waals surface area contributed by atoms with E-state index < -0.39 is 0 Å². The monoisotopic (exact) mass is 302 g/mol. The third kappa shape index (κ3) is 3.74. The van der Waals surface area contributed by atoms with Gasteiger partial charge in [0.15, 0.2) is 0 Å². The van der Waals surface area contributed by atoms with Gasteiger partial charge in [-0.2, -0.15) is 5.10 Å². The van der Waals surface area contributed by atoms with Crippen molar-refractivity contribution in [2.75, 3.05) is 13.1 Å². The summed E-state index contributed by atoms with van der Waals surface area (Å²) >= 11 is 0. The minimum Gasteiger partial charge on any atom is -0.297 e. The predicted octanol–water partition coefficient (Wildman–Crippen LogP) is 2.28. The van der Waals surface area contributed by atoms with E-state index in [1.54, 1.807) is 0 Å². The van der Waals surface area contributed by atoms with Gasteiger partial charge in [0.2, 0.25) is 0 Å². The van der Waals surface area contributed by atoms with Crippen molar-refractivity contribution in [2.24, 2.45) is 5.92 Å². The molecule has 1 fully saturated rings. The maximum absolute atomic E-state index is 4.45. The summed E-state index contributed by atoms with van der Waals surface area (Å²) in [7, 11) is 0. The number of hydrogen-bond donors (Lipinski definition) is 0. The van der Waals surface area contributed by atoms with Gasteiger partial charge in [-0.15, -0.1) is 5.10 Å². The van der Waals surface area contributed by atoms with E-state index >= 15 is 0 Å². The molecule has 0 N–H and O–H groups in total. The Bertz CT molecular complexity index is 591. The summed E-state index contributed by atoms with van der Waals surface area (Å²) in [4.78, 5) is 2.47. The van der Waals surface area contributed by atoms with Gasteiger partial charge in [0, 0.05) is 38.6 Å². The fourth-order valence-corrected chi connectivity index (χ4v) is 3.08. The van der Waals surface area contributed by atoms with Crippen molar-refractivity contribution in [1.29, 1.82) is 0 Å². The van der Waals surface area contributed by atoms with E-state index in [4.69, 9.17) is 0 Å². The van der Waals surface area contributed by atoms with Gasteiger partial charge in [0.1, 0.15) is 0 Å². The smallest absolute Gasteiger partial charge is 0.0967 e. The van der Waals surface area contributed by atoms with Gasteiger partial charge in [-0.25, -0.2) is 0 Å². The van der Waals surface area contributed by atoms with Crippen molar-refractivity contribution in [1.82, 2.24) is 29.7 Å². The van der Waals surface area contributed by atoms with Gasteiger partial charge >= 0.3 is 0 Å². The van der Waals surface area contributed by atoms with Gasteiger partial charge < -0.3 is 0 Å². The van der Waals surface area contributed by atoms with Crippen molar-refractivity contribution in [3.63, 3.8) is 0 Å². The van der Waals surface area contributed by atoms with Crippen molar-refractivity contribution >= 4 is 0 Å². The van der Waals surface area contributed by atoms with E-state index in [-0.39, 0.29) is 0 Å². The Labute approximate surface area is 132 Å². The number of likely N-dealkylation sites (tertiary alicyclic amines) is 1. The molecule has 1 saturated heterocycles. The van der Waals surface area contributed by atoms with E-state index in [0.717, 1.165) is 44.7 Å². The summed E-state index contributed by atoms with van der Waals surface area (Å²) in [5, 5.41) is 13.0. The van der Waals surface area contributed by atoms with Crippen LogP contribution in [0.15, 0.2) is 18.6 Å². The summed E-state index contributed by atoms with van der Waals surface area (Å²) in [5.74, 6) is 0.600. The standard InChI is InChI=1S/C16H26N6/c1-13(2)9-21-12-15(18-19-21)11-20-6-4-16(5-7-20)22-10-14(3)8-17-22/h8,10,12-13,16H,4-7,9,11H2,1-3H3. The van der Waals surface area contributed by atoms with Crippen LogP contribution in [0.1, 0.15) is 44.0 Å². The third-order valence-corrected chi connectivity index (χ3v) is 4.19. The Morgan fingerprint density at radius 1 is 1.23 bits per heavy atom. The molecule has 6 nitrogen and oxygen atoms in total. The molecule has 2 aromatic rings. The Hall–Kier alpha value is -1.69. The molecular formula is C16H26N6. The van der Waals surface area contributed by atoms with Crippen molar-refractivity contribution in [3.05, 3.63) is 29.8 Å². The third-order valence-electron chi connectivity index (χ3n) is 4.19. The molecule has 0 amide bonds. The van der Waals surface area contributed by atoms with Gasteiger partial charge in [-0.05, 0) is 31.2 Å². The number of aromatic nitrogens is 5. The number of nitrogens with zero attached hydrogens (tertiary/aromatic N) is 6. The molecule has 120 valence electrons. The molecule has 0 aliphatic carbocycles. The van der Waals surface area contributed by atoms with Crippen LogP contribution in [0.4, 0.5) is 0 Å². The average molecular weight is 302 g/mol. The Balaban J connectivity index is 1.50. The number of aryl methyl sites for hydroxylation is 1. The fourth-order valence-electron chi connectivity index (χ4n) is 3.08. The SMILES string of the molecule is Cc1cnn(C2CCN(Cc3cn(CC(C)C)nn3)CC2)c1. The maximum Gasteiger partial charge on any atom is 0.0967 e. The van der Waals surface area contributed by atoms with Gasteiger partial charge in [-0.3, -0.25) is 14.3 Å². The highest BCUT2D eigenvalue weighted by Crippen LogP contribution is 2.22. The zero-order chi connectivity index (χ0) is 15.5. The van der Waals surface area contributed by atoms with E-state index in [1.165, 1.54) is 5.56 Å². The summed E-state index contributed by atoms with van der Waals surface area (Å²) in [5.41, 5.74) is 2.32. The molecule has 0 radical (unpaired) electrons. The topological polar surface area (TPSA) is 51.8 Å². The number of hydrogen-bond acceptors (Lipinski definition) is 4. The lowest BCUT2D eigenvalue weighted by Crippen LogP contribution is -2.34. The lowest BCUT2D eigenvalue weighted by atomic mass is 10.1. The summed E-state index contributed by atoms with van der Waals surface area (Å²) in [6, 6.07) is 0.543. The molecule has 1 aliphatic heterocycles. The molecule has 0 spiro atoms. The molecule has 0 atom stereocenters. The van der Waals surface area contributed by atoms with E-state index in [1.807, 2.05) is 10.9 Å². The maximum atomic E-state index is 4.45. The van der Waals surface area contributed by atoms with Crippen LogP contribution < -0.4 is 0 Å². The van der Waals surface area contributed by atoms with E-state index in [9.17, 15) is 0 Å². The number of piperidine rings is 1. The predicted molar refractivity (Wildman–Crippen MR) is 85.4 cm³/mol. The molecule has 3 rings (SSSR count). The average Bonchev–Trinajstić information content (AvgIpc) is 3.09. The summed E-state index contributed by atoms with van der Waals surface area (Å²) in [6.07, 6.45) is 8.49. The Morgan fingerprint density at radius 3 is 2.64 bits per heavy atom. The first-order chi connectivity index (χ1) is 10.6. The largest absolute Gasteiger partial charge is 0.297 e. The fraction of sp³-hybridized carbons (Fsp3) is 0.688. The minimum absolute atomic E-state index is 0.543. The molecule has 2 aromatic heterocycles. The van der Waals surface area contributed by atoms with Crippen LogP contribution in [-0.2, 0) is 13.1 Å². The van der Waals surface area contributed by atoms with Crippen LogP contribution in [0.5, 0.6) is 0 Å². The first-order valence-corrected chi connectivity index (χ1v) is 8.22. The Kier molecular flexibility index (Phi) is 4.57. The quantitative estimate of drug-likeness (QED) is 0.850. The summed E-state index contributed by atoms with van der Waals surface area (Å²) in [6.45, 7) is 10.5. The molecular weight excluding hydrogens is 276 g/mol. The Morgan fingerprint density at radius 2 is 2.00 bits per heavy atom. The highest BCUT2D eigenvalue weighted by atomic mass is 15.4. The van der Waals surface area contributed by atoms with Crippen LogP contribution in [0, 0.1) is 12.8 Å². The molecule has 0 unspecified atom stereocenters. The molecule has 1 aliphatic rings. The van der Waals surface area contributed by atoms with Crippen LogP contribution in [0.25, 0.3) is 0 Å². The van der Waals surface area contributed by atoms with Crippen molar-refractivity contribution in [3.8, 4) is 0 Å². The molecule has 3 heterocycles. The van der Waals surface area contributed by atoms with Gasteiger partial charge in [-0.1, -0.05) is 19.1 Å². The minimum atomic E-state index is 0.543. The highest BCUT2D eigenvalue weighted by molar-refractivity contribution is 5.01. The lowest BCUT2D eigenvalue weighted by molar-refractivity contribution is 0.171. The second-order valence-corrected chi connectivity index (χ2v) is 6.83. The normalized spacial score (nSPS) is 17.5. The first kappa shape index (κ1) is 15.2. The van der Waals surface area contributed by atoms with Crippen LogP contribution >= 0.6 is 0 Å². The van der Waals surface area contributed by atoms with Gasteiger partial charge in [0.05, 0.1) is 17.9 Å². The highest BCUT2D eigenvalue weighted by Gasteiger charge is 2.21. The molecule has 6 heteroatoms. The zero-order valence-electron chi connectivity index (χ0n) is 13.8. The van der Waals surface area contributed by atoms with E-state index in [2.05, 4.69) is 58.2 Å². The first-order valence-electron chi connectivity index (χ1n) is 8.22. The lowest BCUT2D eigenvalue weighted by Gasteiger charge is -2.31. The second kappa shape index (κ2) is 6.60. The molecule has 0 bridgehead atoms. The second-order valence-electron chi connectivity index (χ2n) is 6.83. The van der Waals surface area contributed by atoms with Crippen molar-refractivity contribution in [2.45, 2.75) is 52.7 Å². The van der Waals surface area contributed by atoms with Crippen LogP contribution in [0.3, 0.4) is 0 Å². The zero-order valence-corrected chi connectivity index (χ0v) is 13.8. The van der Waals surface area contributed by atoms with E-state index in [0.29, 0.717) is 12.0 Å². The molecule has 22 heavy (non-hydrogen) atoms. The van der Waals surface area contributed by atoms with Crippen LogP contribution in [-0.4, -0.2) is 42.8 Å².